The van der Waals surface area contributed by atoms with E-state index in [9.17, 15) is 9.59 Å². The normalized spacial score (nSPS) is 19.6. The highest BCUT2D eigenvalue weighted by Crippen LogP contribution is 2.11. The molecule has 0 bridgehead atoms. The maximum atomic E-state index is 11.7. The number of hydrogen-bond donors (Lipinski definition) is 2. The van der Waals surface area contributed by atoms with Crippen molar-refractivity contribution in [3.05, 3.63) is 23.7 Å². The van der Waals surface area contributed by atoms with Crippen LogP contribution in [0.3, 0.4) is 0 Å². The van der Waals surface area contributed by atoms with Crippen molar-refractivity contribution < 1.29 is 18.7 Å². The fraction of sp³-hybridized carbons (Fsp3) is 0.538. The first-order valence-corrected chi connectivity index (χ1v) is 6.37. The predicted octanol–water partition coefficient (Wildman–Crippen LogP) is 0.824. The Morgan fingerprint density at radius 1 is 1.58 bits per heavy atom. The van der Waals surface area contributed by atoms with E-state index < -0.39 is 5.97 Å². The summed E-state index contributed by atoms with van der Waals surface area (Å²) in [6.07, 6.45) is 4.20. The number of methoxy groups -OCH3 is 1. The Morgan fingerprint density at radius 2 is 2.42 bits per heavy atom. The molecule has 1 atom stereocenters. The number of hydrogen-bond acceptors (Lipinski definition) is 5. The van der Waals surface area contributed by atoms with Crippen LogP contribution in [0.1, 0.15) is 35.4 Å². The van der Waals surface area contributed by atoms with E-state index in [1.165, 1.54) is 13.4 Å². The van der Waals surface area contributed by atoms with Gasteiger partial charge in [-0.15, -0.1) is 0 Å². The lowest BCUT2D eigenvalue weighted by Gasteiger charge is -2.13. The molecule has 2 heterocycles. The average molecular weight is 266 g/mol. The summed E-state index contributed by atoms with van der Waals surface area (Å²) in [6.45, 7) is 1.15. The topological polar surface area (TPSA) is 80.6 Å². The van der Waals surface area contributed by atoms with Gasteiger partial charge >= 0.3 is 5.97 Å². The van der Waals surface area contributed by atoms with Gasteiger partial charge in [0.05, 0.1) is 25.3 Å². The Kier molecular flexibility index (Phi) is 4.57. The van der Waals surface area contributed by atoms with Crippen LogP contribution < -0.4 is 10.6 Å². The quantitative estimate of drug-likeness (QED) is 0.789. The fourth-order valence-electron chi connectivity index (χ4n) is 2.06. The zero-order chi connectivity index (χ0) is 13.7. The minimum absolute atomic E-state index is 0.0252. The van der Waals surface area contributed by atoms with Crippen molar-refractivity contribution in [2.45, 2.75) is 31.8 Å². The third kappa shape index (κ3) is 3.57. The molecular weight excluding hydrogens is 248 g/mol. The molecule has 1 amide bonds. The molecule has 104 valence electrons. The van der Waals surface area contributed by atoms with Gasteiger partial charge in [0.1, 0.15) is 12.0 Å². The summed E-state index contributed by atoms with van der Waals surface area (Å²) in [5.74, 6) is 0.205. The van der Waals surface area contributed by atoms with Crippen molar-refractivity contribution in [3.8, 4) is 0 Å². The van der Waals surface area contributed by atoms with Crippen LogP contribution >= 0.6 is 0 Å². The number of furan rings is 1. The third-order valence-electron chi connectivity index (χ3n) is 3.13. The van der Waals surface area contributed by atoms with Crippen molar-refractivity contribution in [3.63, 3.8) is 0 Å². The van der Waals surface area contributed by atoms with Gasteiger partial charge in [0.25, 0.3) is 0 Å². The molecule has 1 aliphatic heterocycles. The monoisotopic (exact) mass is 266 g/mol. The number of esters is 1. The van der Waals surface area contributed by atoms with Crippen LogP contribution in [0.5, 0.6) is 0 Å². The van der Waals surface area contributed by atoms with E-state index in [1.807, 2.05) is 0 Å². The number of amides is 1. The van der Waals surface area contributed by atoms with Crippen LogP contribution in [0.25, 0.3) is 0 Å². The summed E-state index contributed by atoms with van der Waals surface area (Å²) in [7, 11) is 1.32. The first kappa shape index (κ1) is 13.6. The first-order valence-electron chi connectivity index (χ1n) is 6.37. The summed E-state index contributed by atoms with van der Waals surface area (Å²) in [5, 5.41) is 6.00. The molecule has 1 aromatic rings. The van der Waals surface area contributed by atoms with Gasteiger partial charge in [-0.05, 0) is 25.3 Å². The summed E-state index contributed by atoms with van der Waals surface area (Å²) in [4.78, 5) is 23.0. The van der Waals surface area contributed by atoms with Crippen molar-refractivity contribution >= 4 is 11.9 Å². The van der Waals surface area contributed by atoms with E-state index in [0.29, 0.717) is 17.9 Å². The smallest absolute Gasteiger partial charge is 0.341 e. The number of carbonyl (C=O) groups is 2. The summed E-state index contributed by atoms with van der Waals surface area (Å²) in [5.41, 5.74) is 0.379. The lowest BCUT2D eigenvalue weighted by molar-refractivity contribution is -0.122. The molecule has 6 heteroatoms. The van der Waals surface area contributed by atoms with Crippen LogP contribution in [-0.2, 0) is 16.1 Å². The highest BCUT2D eigenvalue weighted by molar-refractivity contribution is 5.89. The summed E-state index contributed by atoms with van der Waals surface area (Å²) in [6, 6.07) is 1.42. The Morgan fingerprint density at radius 3 is 3.21 bits per heavy atom. The summed E-state index contributed by atoms with van der Waals surface area (Å²) >= 11 is 0. The second-order valence-electron chi connectivity index (χ2n) is 4.51. The van der Waals surface area contributed by atoms with Crippen molar-refractivity contribution in [1.82, 2.24) is 10.6 Å². The SMILES string of the molecule is COC(=O)c1coc(CNC2CCCCNC2=O)c1. The van der Waals surface area contributed by atoms with Crippen molar-refractivity contribution in [2.24, 2.45) is 0 Å². The van der Waals surface area contributed by atoms with Crippen molar-refractivity contribution in [1.29, 1.82) is 0 Å². The van der Waals surface area contributed by atoms with E-state index in [1.54, 1.807) is 6.07 Å². The van der Waals surface area contributed by atoms with Gasteiger partial charge in [-0.25, -0.2) is 4.79 Å². The Balaban J connectivity index is 1.89. The molecule has 2 N–H and O–H groups in total. The maximum absolute atomic E-state index is 11.7. The molecule has 19 heavy (non-hydrogen) atoms. The molecular formula is C13H18N2O4. The minimum Gasteiger partial charge on any atom is -0.467 e. The van der Waals surface area contributed by atoms with E-state index >= 15 is 0 Å². The van der Waals surface area contributed by atoms with E-state index in [2.05, 4.69) is 15.4 Å². The van der Waals surface area contributed by atoms with Gasteiger partial charge in [0.2, 0.25) is 5.91 Å². The third-order valence-corrected chi connectivity index (χ3v) is 3.13. The molecule has 1 saturated heterocycles. The standard InChI is InChI=1S/C13H18N2O4/c1-18-13(17)9-6-10(19-8-9)7-15-11-4-2-3-5-14-12(11)16/h6,8,11,15H,2-5,7H2,1H3,(H,14,16). The maximum Gasteiger partial charge on any atom is 0.341 e. The van der Waals surface area contributed by atoms with Gasteiger partial charge in [-0.3, -0.25) is 10.1 Å². The molecule has 1 aromatic heterocycles. The van der Waals surface area contributed by atoms with Gasteiger partial charge in [0, 0.05) is 6.54 Å². The highest BCUT2D eigenvalue weighted by Gasteiger charge is 2.20. The molecule has 0 spiro atoms. The molecule has 2 rings (SSSR count). The summed E-state index contributed by atoms with van der Waals surface area (Å²) < 4.78 is 9.84. The number of carbonyl (C=O) groups excluding carboxylic acids is 2. The largest absolute Gasteiger partial charge is 0.467 e. The number of rotatable bonds is 4. The second-order valence-corrected chi connectivity index (χ2v) is 4.51. The molecule has 6 nitrogen and oxygen atoms in total. The minimum atomic E-state index is -0.429. The molecule has 1 unspecified atom stereocenters. The molecule has 0 aromatic carbocycles. The van der Waals surface area contributed by atoms with E-state index in [0.717, 1.165) is 25.8 Å². The lowest BCUT2D eigenvalue weighted by atomic mass is 10.1. The molecule has 1 fully saturated rings. The highest BCUT2D eigenvalue weighted by atomic mass is 16.5. The van der Waals surface area contributed by atoms with Crippen LogP contribution in [-0.4, -0.2) is 31.6 Å². The van der Waals surface area contributed by atoms with Gasteiger partial charge in [0.15, 0.2) is 0 Å². The Labute approximate surface area is 111 Å². The van der Waals surface area contributed by atoms with Gasteiger partial charge in [-0.2, -0.15) is 0 Å². The van der Waals surface area contributed by atoms with Crippen LogP contribution in [0.4, 0.5) is 0 Å². The van der Waals surface area contributed by atoms with Crippen LogP contribution in [0, 0.1) is 0 Å². The lowest BCUT2D eigenvalue weighted by Crippen LogP contribution is -2.42. The first-order chi connectivity index (χ1) is 9.20. The molecule has 0 saturated carbocycles. The Bertz CT molecular complexity index is 455. The average Bonchev–Trinajstić information content (AvgIpc) is 2.80. The van der Waals surface area contributed by atoms with E-state index in [4.69, 9.17) is 4.42 Å². The molecule has 0 radical (unpaired) electrons. The predicted molar refractivity (Wildman–Crippen MR) is 67.5 cm³/mol. The molecule has 0 aliphatic carbocycles. The van der Waals surface area contributed by atoms with Gasteiger partial charge < -0.3 is 14.5 Å². The zero-order valence-electron chi connectivity index (χ0n) is 10.9. The molecule has 1 aliphatic rings. The van der Waals surface area contributed by atoms with Gasteiger partial charge in [-0.1, -0.05) is 0 Å². The number of nitrogens with one attached hydrogen (secondary N) is 2. The fourth-order valence-corrected chi connectivity index (χ4v) is 2.06. The second kappa shape index (κ2) is 6.38. The van der Waals surface area contributed by atoms with Crippen LogP contribution in [0.2, 0.25) is 0 Å². The van der Waals surface area contributed by atoms with Crippen molar-refractivity contribution in [2.75, 3.05) is 13.7 Å². The zero-order valence-corrected chi connectivity index (χ0v) is 10.9. The number of ether oxygens (including phenoxy) is 1. The van der Waals surface area contributed by atoms with E-state index in [-0.39, 0.29) is 11.9 Å². The Hall–Kier alpha value is -1.82. The van der Waals surface area contributed by atoms with Crippen LogP contribution in [0.15, 0.2) is 16.7 Å².